The minimum absolute atomic E-state index is 0.308. The Morgan fingerprint density at radius 1 is 0.611 bits per heavy atom. The summed E-state index contributed by atoms with van der Waals surface area (Å²) >= 11 is 0. The van der Waals surface area contributed by atoms with Gasteiger partial charge < -0.3 is 9.47 Å². The molecule has 0 aliphatic heterocycles. The highest BCUT2D eigenvalue weighted by molar-refractivity contribution is 6.09. The smallest absolute Gasteiger partial charge is 0.403 e. The summed E-state index contributed by atoms with van der Waals surface area (Å²) in [5.74, 6) is -2.59. The largest absolute Gasteiger partial charge is 0.573 e. The second-order valence-corrected chi connectivity index (χ2v) is 6.62. The molecule has 0 radical (unpaired) electrons. The van der Waals surface area contributed by atoms with Crippen LogP contribution in [0.5, 0.6) is 11.5 Å². The van der Waals surface area contributed by atoms with E-state index in [4.69, 9.17) is 0 Å². The van der Waals surface area contributed by atoms with E-state index in [0.29, 0.717) is 0 Å². The molecule has 2 aromatic rings. The molecular weight excluding hydrogens is 494 g/mol. The first-order valence-corrected chi connectivity index (χ1v) is 8.95. The zero-order valence-corrected chi connectivity index (χ0v) is 16.9. The Hall–Kier alpha value is -5.70. The highest BCUT2D eigenvalue weighted by atomic mass is 19.4. The molecule has 3 rings (SSSR count). The monoisotopic (exact) mass is 496 g/mol. The number of nitriles is 6. The van der Waals surface area contributed by atoms with E-state index in [-0.39, 0.29) is 11.1 Å². The Bertz CT molecular complexity index is 1510. The highest BCUT2D eigenvalue weighted by Crippen LogP contribution is 2.54. The van der Waals surface area contributed by atoms with Crippen LogP contribution in [0.2, 0.25) is 0 Å². The molecule has 0 unspecified atom stereocenters. The SMILES string of the molecule is N#CC(C#N)=C1c2c(cc(C#N)c(OC(F)(F)F)c2C#N)-c2cc(C#N)c(OC(F)(F)F)c(C#N)c21. The lowest BCUT2D eigenvalue weighted by Crippen LogP contribution is -2.19. The van der Waals surface area contributed by atoms with Gasteiger partial charge in [-0.15, -0.1) is 26.3 Å². The lowest BCUT2D eigenvalue weighted by atomic mass is 9.91. The van der Waals surface area contributed by atoms with Gasteiger partial charge in [0.15, 0.2) is 11.5 Å². The predicted molar refractivity (Wildman–Crippen MR) is 101 cm³/mol. The van der Waals surface area contributed by atoms with Crippen LogP contribution < -0.4 is 9.47 Å². The van der Waals surface area contributed by atoms with Crippen LogP contribution in [0.3, 0.4) is 0 Å². The molecule has 36 heavy (non-hydrogen) atoms. The predicted octanol–water partition coefficient (Wildman–Crippen LogP) is 4.80. The van der Waals surface area contributed by atoms with Crippen LogP contribution in [0.1, 0.15) is 33.4 Å². The van der Waals surface area contributed by atoms with Crippen molar-refractivity contribution in [3.63, 3.8) is 0 Å². The van der Waals surface area contributed by atoms with Crippen molar-refractivity contribution < 1.29 is 35.8 Å². The fourth-order valence-electron chi connectivity index (χ4n) is 3.61. The lowest BCUT2D eigenvalue weighted by molar-refractivity contribution is -0.275. The number of hydrogen-bond acceptors (Lipinski definition) is 8. The summed E-state index contributed by atoms with van der Waals surface area (Å²) in [7, 11) is 0. The fraction of sp³-hybridized carbons (Fsp3) is 0.0909. The number of allylic oxidation sites excluding steroid dienone is 1. The van der Waals surface area contributed by atoms with Crippen LogP contribution in [0.15, 0.2) is 17.7 Å². The first kappa shape index (κ1) is 24.9. The zero-order chi connectivity index (χ0) is 27.0. The zero-order valence-electron chi connectivity index (χ0n) is 16.9. The number of rotatable bonds is 2. The van der Waals surface area contributed by atoms with Crippen molar-refractivity contribution in [1.29, 1.82) is 31.6 Å². The van der Waals surface area contributed by atoms with Crippen LogP contribution in [0.4, 0.5) is 26.3 Å². The molecular formula is C22H2F6N6O2. The molecule has 8 nitrogen and oxygen atoms in total. The minimum atomic E-state index is -5.40. The van der Waals surface area contributed by atoms with Crippen molar-refractivity contribution in [1.82, 2.24) is 0 Å². The molecule has 0 saturated carbocycles. The molecule has 0 fully saturated rings. The van der Waals surface area contributed by atoms with Gasteiger partial charge in [0, 0.05) is 16.7 Å². The number of hydrogen-bond donors (Lipinski definition) is 0. The van der Waals surface area contributed by atoms with Gasteiger partial charge in [-0.1, -0.05) is 0 Å². The van der Waals surface area contributed by atoms with Gasteiger partial charge in [-0.3, -0.25) is 0 Å². The van der Waals surface area contributed by atoms with Gasteiger partial charge in [-0.2, -0.15) is 31.6 Å². The van der Waals surface area contributed by atoms with Crippen molar-refractivity contribution in [2.45, 2.75) is 12.7 Å². The molecule has 1 aliphatic carbocycles. The third-order valence-corrected chi connectivity index (χ3v) is 4.72. The van der Waals surface area contributed by atoms with Crippen molar-refractivity contribution in [3.05, 3.63) is 51.1 Å². The molecule has 0 aromatic heterocycles. The molecule has 0 N–H and O–H groups in total. The van der Waals surface area contributed by atoms with Gasteiger partial charge in [-0.25, -0.2) is 0 Å². The van der Waals surface area contributed by atoms with E-state index in [1.54, 1.807) is 0 Å². The Labute approximate surface area is 196 Å². The van der Waals surface area contributed by atoms with Crippen LogP contribution in [-0.4, -0.2) is 12.7 Å². The summed E-state index contributed by atoms with van der Waals surface area (Å²) in [4.78, 5) is 0. The van der Waals surface area contributed by atoms with Crippen LogP contribution in [-0.2, 0) is 0 Å². The number of benzene rings is 2. The average Bonchev–Trinajstić information content (AvgIpc) is 3.10. The maximum atomic E-state index is 13.0. The molecule has 174 valence electrons. The first-order valence-electron chi connectivity index (χ1n) is 8.95. The Balaban J connectivity index is 2.65. The molecule has 0 heterocycles. The third kappa shape index (κ3) is 4.03. The minimum Gasteiger partial charge on any atom is -0.403 e. The van der Waals surface area contributed by atoms with Gasteiger partial charge in [0.1, 0.15) is 53.1 Å². The van der Waals surface area contributed by atoms with Crippen LogP contribution in [0, 0.1) is 68.0 Å². The topological polar surface area (TPSA) is 161 Å². The molecule has 14 heteroatoms. The second kappa shape index (κ2) is 8.58. The number of nitrogens with zero attached hydrogens (tertiary/aromatic N) is 6. The summed E-state index contributed by atoms with van der Waals surface area (Å²) in [6.45, 7) is 0. The number of ether oxygens (including phenoxy) is 2. The van der Waals surface area contributed by atoms with Gasteiger partial charge in [0.2, 0.25) is 0 Å². The summed E-state index contributed by atoms with van der Waals surface area (Å²) in [5.41, 5.74) is -7.01. The Morgan fingerprint density at radius 3 is 1.22 bits per heavy atom. The van der Waals surface area contributed by atoms with E-state index in [9.17, 15) is 57.9 Å². The van der Waals surface area contributed by atoms with E-state index in [1.807, 2.05) is 0 Å². The van der Waals surface area contributed by atoms with Crippen LogP contribution >= 0.6 is 0 Å². The summed E-state index contributed by atoms with van der Waals surface area (Å²) in [6, 6.07) is 9.94. The van der Waals surface area contributed by atoms with E-state index in [0.717, 1.165) is 12.1 Å². The quantitative estimate of drug-likeness (QED) is 0.361. The van der Waals surface area contributed by atoms with Gasteiger partial charge in [0.25, 0.3) is 0 Å². The molecule has 2 aromatic carbocycles. The number of fused-ring (bicyclic) bond motifs is 3. The van der Waals surface area contributed by atoms with Crippen molar-refractivity contribution >= 4 is 5.57 Å². The molecule has 0 saturated heterocycles. The summed E-state index contributed by atoms with van der Waals surface area (Å²) < 4.78 is 85.9. The summed E-state index contributed by atoms with van der Waals surface area (Å²) in [5, 5.41) is 57.0. The normalized spacial score (nSPS) is 11.4. The van der Waals surface area contributed by atoms with Gasteiger partial charge in [-0.05, 0) is 23.3 Å². The van der Waals surface area contributed by atoms with E-state index < -0.39 is 68.8 Å². The maximum absolute atomic E-state index is 13.0. The lowest BCUT2D eigenvalue weighted by Gasteiger charge is -2.15. The van der Waals surface area contributed by atoms with E-state index >= 15 is 0 Å². The summed E-state index contributed by atoms with van der Waals surface area (Å²) in [6.07, 6.45) is -10.8. The van der Waals surface area contributed by atoms with E-state index in [1.165, 1.54) is 36.4 Å². The third-order valence-electron chi connectivity index (χ3n) is 4.72. The maximum Gasteiger partial charge on any atom is 0.573 e. The standard InChI is InChI=1S/C22H2F6N6O2/c23-21(24,25)35-19-9(3-29)1-12-13-2-10(4-30)20(36-22(26,27)28)15(8-34)18(13)16(11(5-31)6-32)17(12)14(19)7-33/h1-2H. The molecule has 0 spiro atoms. The van der Waals surface area contributed by atoms with Crippen LogP contribution in [0.25, 0.3) is 16.7 Å². The highest BCUT2D eigenvalue weighted by Gasteiger charge is 2.41. The van der Waals surface area contributed by atoms with Gasteiger partial charge >= 0.3 is 12.7 Å². The number of alkyl halides is 6. The number of halogens is 6. The Kier molecular flexibility index (Phi) is 5.94. The van der Waals surface area contributed by atoms with Crippen molar-refractivity contribution in [2.75, 3.05) is 0 Å². The molecule has 0 amide bonds. The molecule has 1 aliphatic rings. The fourth-order valence-corrected chi connectivity index (χ4v) is 3.61. The average molecular weight is 496 g/mol. The molecule has 0 atom stereocenters. The Morgan fingerprint density at radius 2 is 0.972 bits per heavy atom. The second-order valence-electron chi connectivity index (χ2n) is 6.62. The van der Waals surface area contributed by atoms with E-state index in [2.05, 4.69) is 9.47 Å². The van der Waals surface area contributed by atoms with Crippen molar-refractivity contribution in [2.24, 2.45) is 0 Å². The molecule has 0 bridgehead atoms. The van der Waals surface area contributed by atoms with Gasteiger partial charge in [0.05, 0.1) is 11.1 Å². The first-order chi connectivity index (χ1) is 16.8. The van der Waals surface area contributed by atoms with Crippen molar-refractivity contribution in [3.8, 4) is 59.0 Å².